The molecular formula is C16H17N5O3. The highest BCUT2D eigenvalue weighted by Gasteiger charge is 2.20. The van der Waals surface area contributed by atoms with Gasteiger partial charge in [0.1, 0.15) is 12.1 Å². The van der Waals surface area contributed by atoms with Crippen molar-refractivity contribution in [1.29, 1.82) is 0 Å². The Morgan fingerprint density at radius 3 is 2.62 bits per heavy atom. The quantitative estimate of drug-likeness (QED) is 0.723. The van der Waals surface area contributed by atoms with Crippen LogP contribution in [0, 0.1) is 0 Å². The van der Waals surface area contributed by atoms with Crippen molar-refractivity contribution in [2.45, 2.75) is 6.61 Å². The normalized spacial score (nSPS) is 10.8. The standard InChI is InChI=1S/C16H17N5O3/c1-19(2)15(22)21-13-12(20(3)16(21)23)9-17-14(18-13)24-10-11-7-5-4-6-8-11/h4-9H,10H2,1-3H3. The van der Waals surface area contributed by atoms with E-state index < -0.39 is 11.7 Å². The molecule has 8 nitrogen and oxygen atoms in total. The molecule has 1 amide bonds. The summed E-state index contributed by atoms with van der Waals surface area (Å²) in [5.74, 6) is 0. The van der Waals surface area contributed by atoms with Crippen LogP contribution in [0.5, 0.6) is 6.01 Å². The minimum absolute atomic E-state index is 0.109. The molecule has 1 aromatic carbocycles. The Morgan fingerprint density at radius 2 is 1.96 bits per heavy atom. The van der Waals surface area contributed by atoms with Gasteiger partial charge in [0.15, 0.2) is 5.65 Å². The molecule has 0 unspecified atom stereocenters. The fraction of sp³-hybridized carbons (Fsp3) is 0.250. The third kappa shape index (κ3) is 2.73. The number of hydrogen-bond acceptors (Lipinski definition) is 5. The Kier molecular flexibility index (Phi) is 4.03. The summed E-state index contributed by atoms with van der Waals surface area (Å²) in [6.07, 6.45) is 1.48. The van der Waals surface area contributed by atoms with E-state index >= 15 is 0 Å². The molecule has 3 aromatic rings. The van der Waals surface area contributed by atoms with Gasteiger partial charge in [0.05, 0.1) is 6.20 Å². The average molecular weight is 327 g/mol. The summed E-state index contributed by atoms with van der Waals surface area (Å²) in [6.45, 7) is 0.297. The smallest absolute Gasteiger partial charge is 0.338 e. The number of fused-ring (bicyclic) bond motifs is 1. The summed E-state index contributed by atoms with van der Waals surface area (Å²) in [6, 6.07) is 9.22. The zero-order chi connectivity index (χ0) is 17.3. The highest BCUT2D eigenvalue weighted by molar-refractivity contribution is 5.86. The Morgan fingerprint density at radius 1 is 1.25 bits per heavy atom. The zero-order valence-corrected chi connectivity index (χ0v) is 13.6. The van der Waals surface area contributed by atoms with Gasteiger partial charge >= 0.3 is 17.7 Å². The van der Waals surface area contributed by atoms with E-state index in [4.69, 9.17) is 4.74 Å². The third-order valence-corrected chi connectivity index (χ3v) is 3.56. The predicted molar refractivity (Wildman–Crippen MR) is 88.0 cm³/mol. The van der Waals surface area contributed by atoms with Crippen LogP contribution in [-0.2, 0) is 13.7 Å². The SMILES string of the molecule is CN(C)C(=O)n1c(=O)n(C)c2cnc(OCc3ccccc3)nc21. The summed E-state index contributed by atoms with van der Waals surface area (Å²) in [5, 5.41) is 0. The highest BCUT2D eigenvalue weighted by atomic mass is 16.5. The molecule has 0 saturated heterocycles. The fourth-order valence-electron chi connectivity index (χ4n) is 2.26. The maximum absolute atomic E-state index is 12.3. The second kappa shape index (κ2) is 6.15. The van der Waals surface area contributed by atoms with Gasteiger partial charge in [0.2, 0.25) is 0 Å². The summed E-state index contributed by atoms with van der Waals surface area (Å²) in [5.41, 5.74) is 1.18. The third-order valence-electron chi connectivity index (χ3n) is 3.56. The minimum atomic E-state index is -0.474. The van der Waals surface area contributed by atoms with Crippen LogP contribution in [0.4, 0.5) is 4.79 Å². The van der Waals surface area contributed by atoms with Crippen molar-refractivity contribution in [3.63, 3.8) is 0 Å². The number of carbonyl (C=O) groups is 1. The Labute approximate surface area is 137 Å². The lowest BCUT2D eigenvalue weighted by Crippen LogP contribution is -2.35. The van der Waals surface area contributed by atoms with E-state index in [1.807, 2.05) is 30.3 Å². The van der Waals surface area contributed by atoms with Crippen LogP contribution < -0.4 is 10.4 Å². The van der Waals surface area contributed by atoms with Gasteiger partial charge in [0, 0.05) is 21.1 Å². The summed E-state index contributed by atoms with van der Waals surface area (Å²) < 4.78 is 7.91. The molecule has 0 fully saturated rings. The number of carbonyl (C=O) groups excluding carboxylic acids is 1. The second-order valence-electron chi connectivity index (χ2n) is 5.49. The molecule has 2 aromatic heterocycles. The number of aryl methyl sites for hydroxylation is 1. The van der Waals surface area contributed by atoms with Crippen LogP contribution in [0.3, 0.4) is 0 Å². The van der Waals surface area contributed by atoms with E-state index in [-0.39, 0.29) is 11.7 Å². The molecule has 0 aliphatic heterocycles. The molecule has 0 bridgehead atoms. The largest absolute Gasteiger partial charge is 0.459 e. The Balaban J connectivity index is 1.99. The van der Waals surface area contributed by atoms with Crippen molar-refractivity contribution >= 4 is 17.2 Å². The summed E-state index contributed by atoms with van der Waals surface area (Å²) >= 11 is 0. The number of imidazole rings is 1. The van der Waals surface area contributed by atoms with E-state index in [1.54, 1.807) is 21.1 Å². The number of hydrogen-bond donors (Lipinski definition) is 0. The molecule has 0 saturated carbocycles. The number of amides is 1. The van der Waals surface area contributed by atoms with E-state index in [1.165, 1.54) is 15.7 Å². The Hall–Kier alpha value is -3.16. The fourth-order valence-corrected chi connectivity index (χ4v) is 2.26. The van der Waals surface area contributed by atoms with E-state index in [2.05, 4.69) is 9.97 Å². The molecular weight excluding hydrogens is 310 g/mol. The second-order valence-corrected chi connectivity index (χ2v) is 5.49. The number of ether oxygens (including phenoxy) is 1. The maximum Gasteiger partial charge on any atom is 0.338 e. The molecule has 0 radical (unpaired) electrons. The highest BCUT2D eigenvalue weighted by Crippen LogP contribution is 2.14. The van der Waals surface area contributed by atoms with E-state index in [0.717, 1.165) is 10.1 Å². The first-order valence-corrected chi connectivity index (χ1v) is 7.32. The minimum Gasteiger partial charge on any atom is -0.459 e. The van der Waals surface area contributed by atoms with Crippen LogP contribution in [0.1, 0.15) is 5.56 Å². The van der Waals surface area contributed by atoms with Crippen LogP contribution in [-0.4, -0.2) is 44.1 Å². The van der Waals surface area contributed by atoms with Crippen molar-refractivity contribution in [3.05, 3.63) is 52.6 Å². The lowest BCUT2D eigenvalue weighted by atomic mass is 10.2. The summed E-state index contributed by atoms with van der Waals surface area (Å²) in [4.78, 5) is 34.2. The van der Waals surface area contributed by atoms with E-state index in [9.17, 15) is 9.59 Å². The van der Waals surface area contributed by atoms with Crippen molar-refractivity contribution in [2.24, 2.45) is 7.05 Å². The monoisotopic (exact) mass is 327 g/mol. The van der Waals surface area contributed by atoms with Gasteiger partial charge in [-0.25, -0.2) is 14.6 Å². The molecule has 0 N–H and O–H groups in total. The maximum atomic E-state index is 12.3. The molecule has 0 aliphatic rings. The molecule has 0 atom stereocenters. The molecule has 8 heteroatoms. The number of aromatic nitrogens is 4. The van der Waals surface area contributed by atoms with Gasteiger partial charge < -0.3 is 9.64 Å². The van der Waals surface area contributed by atoms with Crippen LogP contribution in [0.15, 0.2) is 41.3 Å². The van der Waals surface area contributed by atoms with Gasteiger partial charge in [-0.2, -0.15) is 9.55 Å². The van der Waals surface area contributed by atoms with Crippen LogP contribution >= 0.6 is 0 Å². The zero-order valence-electron chi connectivity index (χ0n) is 13.6. The van der Waals surface area contributed by atoms with Gasteiger partial charge in [0.25, 0.3) is 0 Å². The predicted octanol–water partition coefficient (Wildman–Crippen LogP) is 1.24. The molecule has 2 heterocycles. The number of benzene rings is 1. The average Bonchev–Trinajstić information content (AvgIpc) is 2.84. The first-order chi connectivity index (χ1) is 11.5. The summed E-state index contributed by atoms with van der Waals surface area (Å²) in [7, 11) is 4.71. The topological polar surface area (TPSA) is 82.2 Å². The lowest BCUT2D eigenvalue weighted by Gasteiger charge is -2.10. The molecule has 124 valence electrons. The van der Waals surface area contributed by atoms with Crippen LogP contribution in [0.25, 0.3) is 11.2 Å². The van der Waals surface area contributed by atoms with E-state index in [0.29, 0.717) is 12.1 Å². The number of rotatable bonds is 3. The number of nitrogens with zero attached hydrogens (tertiary/aromatic N) is 5. The van der Waals surface area contributed by atoms with Crippen molar-refractivity contribution in [2.75, 3.05) is 14.1 Å². The first-order valence-electron chi connectivity index (χ1n) is 7.32. The van der Waals surface area contributed by atoms with Gasteiger partial charge in [-0.05, 0) is 5.56 Å². The first kappa shape index (κ1) is 15.7. The van der Waals surface area contributed by atoms with Gasteiger partial charge in [-0.1, -0.05) is 30.3 Å². The molecule has 0 aliphatic carbocycles. The van der Waals surface area contributed by atoms with Crippen LogP contribution in [0.2, 0.25) is 0 Å². The van der Waals surface area contributed by atoms with Crippen molar-refractivity contribution in [1.82, 2.24) is 24.0 Å². The molecule has 3 rings (SSSR count). The van der Waals surface area contributed by atoms with Crippen molar-refractivity contribution in [3.8, 4) is 6.01 Å². The van der Waals surface area contributed by atoms with Gasteiger partial charge in [-0.15, -0.1) is 0 Å². The lowest BCUT2D eigenvalue weighted by molar-refractivity contribution is 0.219. The van der Waals surface area contributed by atoms with Crippen molar-refractivity contribution < 1.29 is 9.53 Å². The molecule has 0 spiro atoms. The Bertz CT molecular complexity index is 943. The van der Waals surface area contributed by atoms with Gasteiger partial charge in [-0.3, -0.25) is 4.57 Å². The molecule has 24 heavy (non-hydrogen) atoms.